The molecule has 0 radical (unpaired) electrons. The summed E-state index contributed by atoms with van der Waals surface area (Å²) in [7, 11) is 2.03. The number of ether oxygens (including phenoxy) is 1. The van der Waals surface area contributed by atoms with Gasteiger partial charge < -0.3 is 14.4 Å². The van der Waals surface area contributed by atoms with Crippen LogP contribution in [0.25, 0.3) is 22.0 Å². The fourth-order valence-electron chi connectivity index (χ4n) is 5.54. The van der Waals surface area contributed by atoms with Gasteiger partial charge in [0.05, 0.1) is 17.7 Å². The molecule has 0 bridgehead atoms. The van der Waals surface area contributed by atoms with E-state index in [9.17, 15) is 9.90 Å². The van der Waals surface area contributed by atoms with Crippen LogP contribution in [0, 0.1) is 0 Å². The topological polar surface area (TPSA) is 70.8 Å². The minimum atomic E-state index is -0.305. The van der Waals surface area contributed by atoms with Crippen molar-refractivity contribution >= 4 is 41.7 Å². The zero-order valence-electron chi connectivity index (χ0n) is 21.0. The van der Waals surface area contributed by atoms with E-state index in [-0.39, 0.29) is 36.5 Å². The Morgan fingerprint density at radius 1 is 1.00 bits per heavy atom. The number of fused-ring (bicyclic) bond motifs is 1. The highest BCUT2D eigenvalue weighted by Crippen LogP contribution is 2.42. The van der Waals surface area contributed by atoms with E-state index >= 15 is 0 Å². The lowest BCUT2D eigenvalue weighted by molar-refractivity contribution is 0.0526. The van der Waals surface area contributed by atoms with E-state index in [1.165, 1.54) is 12.8 Å². The molecule has 3 aromatic rings. The number of aromatic hydroxyl groups is 1. The number of hydrogen-bond donors (Lipinski definition) is 1. The Kier molecular flexibility index (Phi) is 9.64. The Hall–Kier alpha value is -2.32. The molecular weight excluding hydrogens is 499 g/mol. The summed E-state index contributed by atoms with van der Waals surface area (Å²) in [6.07, 6.45) is 8.18. The smallest absolute Gasteiger partial charge is 0.340 e. The number of esters is 1. The number of hydrogen-bond acceptors (Lipinski definition) is 6. The van der Waals surface area contributed by atoms with Gasteiger partial charge in [0.1, 0.15) is 5.75 Å². The maximum Gasteiger partial charge on any atom is 0.340 e. The van der Waals surface area contributed by atoms with E-state index in [0.29, 0.717) is 25.3 Å². The first kappa shape index (κ1) is 28.3. The van der Waals surface area contributed by atoms with Gasteiger partial charge >= 0.3 is 5.97 Å². The minimum absolute atomic E-state index is 0. The molecule has 0 amide bonds. The van der Waals surface area contributed by atoms with Gasteiger partial charge in [-0.15, -0.1) is 24.8 Å². The molecule has 2 aliphatic rings. The minimum Gasteiger partial charge on any atom is -0.507 e. The second-order valence-electron chi connectivity index (χ2n) is 9.45. The average Bonchev–Trinajstić information content (AvgIpc) is 3.59. The monoisotopic (exact) mass is 534 g/mol. The number of nitrogens with zero attached hydrogens (tertiary/aromatic N) is 4. The van der Waals surface area contributed by atoms with Gasteiger partial charge in [-0.3, -0.25) is 14.8 Å². The van der Waals surface area contributed by atoms with Gasteiger partial charge in [0.25, 0.3) is 0 Å². The van der Waals surface area contributed by atoms with Gasteiger partial charge in [-0.2, -0.15) is 0 Å². The lowest BCUT2D eigenvalue weighted by Gasteiger charge is -2.19. The summed E-state index contributed by atoms with van der Waals surface area (Å²) in [5, 5.41) is 12.4. The summed E-state index contributed by atoms with van der Waals surface area (Å²) in [4.78, 5) is 22.3. The van der Waals surface area contributed by atoms with Crippen molar-refractivity contribution in [2.45, 2.75) is 45.7 Å². The fraction of sp³-hybridized carbons (Fsp3) is 0.481. The Bertz CT molecular complexity index is 1190. The Morgan fingerprint density at radius 3 is 2.17 bits per heavy atom. The summed E-state index contributed by atoms with van der Waals surface area (Å²) < 4.78 is 7.70. The van der Waals surface area contributed by atoms with Gasteiger partial charge in [-0.1, -0.05) is 0 Å². The summed E-state index contributed by atoms with van der Waals surface area (Å²) in [5.41, 5.74) is 5.03. The largest absolute Gasteiger partial charge is 0.507 e. The lowest BCUT2D eigenvalue weighted by Crippen LogP contribution is -2.22. The molecule has 2 fully saturated rings. The first-order valence-electron chi connectivity index (χ1n) is 12.5. The van der Waals surface area contributed by atoms with Crippen molar-refractivity contribution in [3.8, 4) is 16.9 Å². The number of phenolic OH excluding ortho intramolecular Hbond substituents is 1. The quantitative estimate of drug-likeness (QED) is 0.422. The lowest BCUT2D eigenvalue weighted by atomic mass is 9.96. The van der Waals surface area contributed by atoms with Crippen molar-refractivity contribution in [1.29, 1.82) is 0 Å². The molecule has 1 aromatic carbocycles. The highest BCUT2D eigenvalue weighted by molar-refractivity contribution is 6.09. The molecule has 36 heavy (non-hydrogen) atoms. The number of halogens is 2. The summed E-state index contributed by atoms with van der Waals surface area (Å²) in [6, 6.07) is 5.85. The van der Waals surface area contributed by atoms with Crippen molar-refractivity contribution in [3.63, 3.8) is 0 Å². The number of pyridine rings is 1. The average molecular weight is 536 g/mol. The Morgan fingerprint density at radius 2 is 1.58 bits per heavy atom. The van der Waals surface area contributed by atoms with E-state index in [0.717, 1.165) is 72.3 Å². The molecule has 2 aliphatic heterocycles. The van der Waals surface area contributed by atoms with Crippen LogP contribution in [-0.2, 0) is 24.9 Å². The van der Waals surface area contributed by atoms with E-state index < -0.39 is 0 Å². The normalized spacial score (nSPS) is 16.2. The molecule has 2 aromatic heterocycles. The molecule has 5 rings (SSSR count). The van der Waals surface area contributed by atoms with Crippen LogP contribution in [-0.4, -0.2) is 63.2 Å². The van der Waals surface area contributed by atoms with Crippen LogP contribution in [0.4, 0.5) is 0 Å². The van der Waals surface area contributed by atoms with Gasteiger partial charge in [0.2, 0.25) is 0 Å². The Labute approximate surface area is 225 Å². The number of carbonyl (C=O) groups is 1. The standard InChI is InChI=1S/C27H34N4O3.2ClH/c1-3-34-27(33)25-23(18-31-14-6-7-15-31)29(2)22-16-20(19-8-10-28-11-9-19)26(32)21(24(22)25)17-30-12-4-5-13-30;;/h8-11,16,32H,3-7,12-15,17-18H2,1-2H3;2*1H. The number of benzene rings is 1. The molecule has 0 atom stereocenters. The molecule has 0 saturated carbocycles. The predicted octanol–water partition coefficient (Wildman–Crippen LogP) is 5.16. The van der Waals surface area contributed by atoms with E-state index in [2.05, 4.69) is 19.4 Å². The molecule has 9 heteroatoms. The summed E-state index contributed by atoms with van der Waals surface area (Å²) >= 11 is 0. The van der Waals surface area contributed by atoms with Gasteiger partial charge in [0.15, 0.2) is 0 Å². The first-order valence-corrected chi connectivity index (χ1v) is 12.5. The third kappa shape index (κ3) is 5.35. The molecular formula is C27H36Cl2N4O3. The van der Waals surface area contributed by atoms with Crippen LogP contribution in [0.1, 0.15) is 54.2 Å². The SMILES string of the molecule is CCOC(=O)c1c(CN2CCCC2)n(C)c2cc(-c3ccncc3)c(O)c(CN3CCCC3)c12.Cl.Cl. The fourth-order valence-corrected chi connectivity index (χ4v) is 5.54. The van der Waals surface area contributed by atoms with Crippen LogP contribution >= 0.6 is 24.8 Å². The zero-order valence-corrected chi connectivity index (χ0v) is 22.7. The molecule has 4 heterocycles. The van der Waals surface area contributed by atoms with Gasteiger partial charge in [-0.25, -0.2) is 4.79 Å². The second-order valence-corrected chi connectivity index (χ2v) is 9.45. The number of carbonyl (C=O) groups excluding carboxylic acids is 1. The zero-order chi connectivity index (χ0) is 23.7. The highest BCUT2D eigenvalue weighted by atomic mass is 35.5. The van der Waals surface area contributed by atoms with Crippen LogP contribution in [0.5, 0.6) is 5.75 Å². The van der Waals surface area contributed by atoms with Crippen molar-refractivity contribution in [3.05, 3.63) is 47.4 Å². The van der Waals surface area contributed by atoms with Crippen molar-refractivity contribution in [1.82, 2.24) is 19.4 Å². The van der Waals surface area contributed by atoms with Gasteiger partial charge in [-0.05, 0) is 82.5 Å². The molecule has 196 valence electrons. The van der Waals surface area contributed by atoms with Crippen LogP contribution in [0.2, 0.25) is 0 Å². The van der Waals surface area contributed by atoms with Crippen molar-refractivity contribution in [2.24, 2.45) is 7.05 Å². The van der Waals surface area contributed by atoms with Crippen LogP contribution in [0.15, 0.2) is 30.6 Å². The number of aryl methyl sites for hydroxylation is 1. The molecule has 0 aliphatic carbocycles. The Balaban J connectivity index is 0.00000180. The molecule has 0 spiro atoms. The molecule has 7 nitrogen and oxygen atoms in total. The number of rotatable bonds is 7. The maximum atomic E-state index is 13.4. The van der Waals surface area contributed by atoms with Gasteiger partial charge in [0, 0.05) is 54.7 Å². The molecule has 0 unspecified atom stereocenters. The maximum absolute atomic E-state index is 13.4. The number of phenols is 1. The second kappa shape index (κ2) is 12.3. The van der Waals surface area contributed by atoms with Crippen LogP contribution in [0.3, 0.4) is 0 Å². The third-order valence-corrected chi connectivity index (χ3v) is 7.31. The number of aromatic nitrogens is 2. The summed E-state index contributed by atoms with van der Waals surface area (Å²) in [5.74, 6) is -0.0597. The van der Waals surface area contributed by atoms with E-state index in [4.69, 9.17) is 4.74 Å². The predicted molar refractivity (Wildman–Crippen MR) is 147 cm³/mol. The highest BCUT2D eigenvalue weighted by Gasteiger charge is 2.30. The summed E-state index contributed by atoms with van der Waals surface area (Å²) in [6.45, 7) is 7.56. The van der Waals surface area contributed by atoms with E-state index in [1.807, 2.05) is 32.2 Å². The first-order chi connectivity index (χ1) is 16.6. The van der Waals surface area contributed by atoms with Crippen LogP contribution < -0.4 is 0 Å². The van der Waals surface area contributed by atoms with E-state index in [1.54, 1.807) is 12.4 Å². The molecule has 2 saturated heterocycles. The van der Waals surface area contributed by atoms with Crippen molar-refractivity contribution < 1.29 is 14.6 Å². The number of likely N-dealkylation sites (tertiary alicyclic amines) is 2. The van der Waals surface area contributed by atoms with Crippen molar-refractivity contribution in [2.75, 3.05) is 32.8 Å². The third-order valence-electron chi connectivity index (χ3n) is 7.31. The molecule has 1 N–H and O–H groups in total.